The summed E-state index contributed by atoms with van der Waals surface area (Å²) in [6.07, 6.45) is 2.28. The van der Waals surface area contributed by atoms with Gasteiger partial charge in [0.1, 0.15) is 0 Å². The summed E-state index contributed by atoms with van der Waals surface area (Å²) in [6.45, 7) is 5.72. The van der Waals surface area contributed by atoms with Gasteiger partial charge in [0, 0.05) is 0 Å². The first-order chi connectivity index (χ1) is 3.65. The van der Waals surface area contributed by atoms with Crippen LogP contribution in [-0.4, -0.2) is 0 Å². The van der Waals surface area contributed by atoms with Crippen LogP contribution in [0.2, 0.25) is 0 Å². The Bertz CT molecular complexity index is 27.7. The molecular formula is C4H9Cl3Zr. The van der Waals surface area contributed by atoms with Gasteiger partial charge in [-0.25, -0.2) is 0 Å². The molecule has 0 nitrogen and oxygen atoms in total. The van der Waals surface area contributed by atoms with E-state index in [-0.39, 0.29) is 0 Å². The van der Waals surface area contributed by atoms with E-state index >= 15 is 0 Å². The monoisotopic (exact) mass is 252 g/mol. The minimum absolute atomic E-state index is 1.07. The summed E-state index contributed by atoms with van der Waals surface area (Å²) in [5, 5.41) is 0. The Labute approximate surface area is 69.8 Å². The summed E-state index contributed by atoms with van der Waals surface area (Å²) in [7, 11) is 15.0. The van der Waals surface area contributed by atoms with E-state index in [1.165, 1.54) is 6.42 Å². The Hall–Kier alpha value is 1.75. The molecule has 0 aromatic carbocycles. The van der Waals surface area contributed by atoms with Gasteiger partial charge in [-0.2, -0.15) is 0 Å². The fourth-order valence-electron chi connectivity index (χ4n) is 0. The molecule has 0 aliphatic heterocycles. The topological polar surface area (TPSA) is 0 Å². The fourth-order valence-corrected chi connectivity index (χ4v) is 0. The molecule has 0 bridgehead atoms. The molecular weight excluding hydrogens is 246 g/mol. The molecule has 8 heavy (non-hydrogen) atoms. The molecule has 0 saturated heterocycles. The second-order valence-electron chi connectivity index (χ2n) is 1.07. The molecule has 50 valence electrons. The van der Waals surface area contributed by atoms with E-state index < -0.39 is 18.2 Å². The quantitative estimate of drug-likeness (QED) is 0.670. The van der Waals surface area contributed by atoms with Crippen molar-refractivity contribution >= 4 is 25.5 Å². The molecule has 0 N–H and O–H groups in total. The van der Waals surface area contributed by atoms with Crippen LogP contribution in [0.5, 0.6) is 0 Å². The van der Waals surface area contributed by atoms with Crippen molar-refractivity contribution in [1.29, 1.82) is 0 Å². The zero-order valence-electron chi connectivity index (χ0n) is 4.76. The molecule has 0 aromatic rings. The molecule has 0 rings (SSSR count). The minimum atomic E-state index is -2.13. The Morgan fingerprint density at radius 2 is 1.50 bits per heavy atom. The number of halogens is 3. The van der Waals surface area contributed by atoms with Crippen molar-refractivity contribution in [1.82, 2.24) is 0 Å². The van der Waals surface area contributed by atoms with Crippen molar-refractivity contribution in [2.24, 2.45) is 0 Å². The SMILES string of the molecule is [CH2]CCC.[Cl][Zr]([Cl])[Cl]. The van der Waals surface area contributed by atoms with Crippen LogP contribution in [0, 0.1) is 6.92 Å². The third-order valence-electron chi connectivity index (χ3n) is 0.354. The summed E-state index contributed by atoms with van der Waals surface area (Å²) in [6, 6.07) is 0. The van der Waals surface area contributed by atoms with Crippen molar-refractivity contribution in [3.8, 4) is 0 Å². The van der Waals surface area contributed by atoms with Gasteiger partial charge in [0.2, 0.25) is 0 Å². The van der Waals surface area contributed by atoms with Crippen molar-refractivity contribution in [2.75, 3.05) is 0 Å². The third-order valence-corrected chi connectivity index (χ3v) is 0.354. The average molecular weight is 255 g/mol. The summed E-state index contributed by atoms with van der Waals surface area (Å²) >= 11 is -2.13. The van der Waals surface area contributed by atoms with E-state index in [1.54, 1.807) is 0 Å². The van der Waals surface area contributed by atoms with Crippen molar-refractivity contribution < 1.29 is 18.2 Å². The molecule has 0 amide bonds. The van der Waals surface area contributed by atoms with Gasteiger partial charge in [0.15, 0.2) is 0 Å². The van der Waals surface area contributed by atoms with E-state index in [1.807, 2.05) is 0 Å². The summed E-state index contributed by atoms with van der Waals surface area (Å²) in [5.74, 6) is 0. The van der Waals surface area contributed by atoms with E-state index in [4.69, 9.17) is 25.5 Å². The standard InChI is InChI=1S/C4H9.3ClH.Zr/c1-3-4-2;;;;/h1,3-4H2,2H3;3*1H;/q;;;;+3/p-3. The summed E-state index contributed by atoms with van der Waals surface area (Å²) in [4.78, 5) is 0. The molecule has 1 radical (unpaired) electrons. The van der Waals surface area contributed by atoms with Crippen LogP contribution in [0.1, 0.15) is 19.8 Å². The molecule has 0 saturated carbocycles. The third kappa shape index (κ3) is 46.6. The molecule has 0 spiro atoms. The maximum atomic E-state index is 5.00. The molecule has 4 heteroatoms. The van der Waals surface area contributed by atoms with Gasteiger partial charge in [-0.3, -0.25) is 0 Å². The van der Waals surface area contributed by atoms with E-state index in [2.05, 4.69) is 13.8 Å². The number of hydrogen-bond acceptors (Lipinski definition) is 0. The second kappa shape index (κ2) is 11.5. The number of rotatable bonds is 1. The van der Waals surface area contributed by atoms with Crippen LogP contribution < -0.4 is 0 Å². The van der Waals surface area contributed by atoms with Crippen molar-refractivity contribution in [2.45, 2.75) is 19.8 Å². The number of hydrogen-bond donors (Lipinski definition) is 0. The van der Waals surface area contributed by atoms with Crippen LogP contribution >= 0.6 is 25.5 Å². The molecule has 0 aromatic heterocycles. The van der Waals surface area contributed by atoms with E-state index in [0.29, 0.717) is 0 Å². The van der Waals surface area contributed by atoms with Crippen LogP contribution in [0.25, 0.3) is 0 Å². The Kier molecular flexibility index (Phi) is 17.9. The van der Waals surface area contributed by atoms with Crippen molar-refractivity contribution in [3.05, 3.63) is 6.92 Å². The zero-order valence-corrected chi connectivity index (χ0v) is 9.48. The molecule has 0 aliphatic carbocycles. The van der Waals surface area contributed by atoms with Crippen LogP contribution in [0.4, 0.5) is 0 Å². The number of unbranched alkanes of at least 4 members (excludes halogenated alkanes) is 1. The predicted octanol–water partition coefficient (Wildman–Crippen LogP) is 3.69. The van der Waals surface area contributed by atoms with Crippen LogP contribution in [0.15, 0.2) is 0 Å². The summed E-state index contributed by atoms with van der Waals surface area (Å²) in [5.41, 5.74) is 0. The van der Waals surface area contributed by atoms with Gasteiger partial charge in [-0.1, -0.05) is 26.7 Å². The first-order valence-electron chi connectivity index (χ1n) is 2.27. The zero-order chi connectivity index (χ0) is 6.99. The molecule has 0 unspecified atom stereocenters. The molecule has 0 atom stereocenters. The molecule has 0 aliphatic rings. The van der Waals surface area contributed by atoms with Gasteiger partial charge in [0.05, 0.1) is 0 Å². The van der Waals surface area contributed by atoms with Gasteiger partial charge in [-0.05, 0) is 0 Å². The van der Waals surface area contributed by atoms with Crippen molar-refractivity contribution in [3.63, 3.8) is 0 Å². The molecule has 0 heterocycles. The fraction of sp³-hybridized carbons (Fsp3) is 0.750. The van der Waals surface area contributed by atoms with Gasteiger partial charge >= 0.3 is 43.7 Å². The van der Waals surface area contributed by atoms with Crippen LogP contribution in [0.3, 0.4) is 0 Å². The Morgan fingerprint density at radius 3 is 1.50 bits per heavy atom. The average Bonchev–Trinajstić information content (AvgIpc) is 1.65. The molecule has 0 fully saturated rings. The first kappa shape index (κ1) is 12.4. The second-order valence-corrected chi connectivity index (χ2v) is 12.3. The van der Waals surface area contributed by atoms with E-state index in [9.17, 15) is 0 Å². The first-order valence-corrected chi connectivity index (χ1v) is 11.8. The van der Waals surface area contributed by atoms with Gasteiger partial charge in [0.25, 0.3) is 0 Å². The van der Waals surface area contributed by atoms with Gasteiger partial charge in [-0.15, -0.1) is 0 Å². The normalized spacial score (nSPS) is 7.12. The van der Waals surface area contributed by atoms with Gasteiger partial charge < -0.3 is 0 Å². The Morgan fingerprint density at radius 1 is 1.38 bits per heavy atom. The predicted molar refractivity (Wildman–Crippen MR) is 37.8 cm³/mol. The maximum absolute atomic E-state index is 5.00. The van der Waals surface area contributed by atoms with E-state index in [0.717, 1.165) is 6.42 Å². The Balaban J connectivity index is 0. The van der Waals surface area contributed by atoms with Crippen LogP contribution in [-0.2, 0) is 18.2 Å². The summed E-state index contributed by atoms with van der Waals surface area (Å²) < 4.78 is 0.